The van der Waals surface area contributed by atoms with Crippen molar-refractivity contribution in [3.05, 3.63) is 24.3 Å². The molecule has 0 saturated heterocycles. The van der Waals surface area contributed by atoms with Crippen LogP contribution in [-0.2, 0) is 0 Å². The lowest BCUT2D eigenvalue weighted by Crippen LogP contribution is -2.23. The quantitative estimate of drug-likeness (QED) is 0.648. The first kappa shape index (κ1) is 12.2. The van der Waals surface area contributed by atoms with Gasteiger partial charge >= 0.3 is 0 Å². The number of benzene rings is 1. The summed E-state index contributed by atoms with van der Waals surface area (Å²) in [5.74, 6) is 8.48. The molecule has 3 N–H and O–H groups in total. The number of fused-ring (bicyclic) bond motifs is 1. The molecule has 1 fully saturated rings. The van der Waals surface area contributed by atoms with E-state index < -0.39 is 0 Å². The number of hydrazine groups is 1. The van der Waals surface area contributed by atoms with Crippen molar-refractivity contribution in [3.63, 3.8) is 0 Å². The summed E-state index contributed by atoms with van der Waals surface area (Å²) < 4.78 is 0. The molecule has 0 bridgehead atoms. The van der Waals surface area contributed by atoms with E-state index in [0.717, 1.165) is 35.1 Å². The van der Waals surface area contributed by atoms with E-state index in [1.807, 2.05) is 18.2 Å². The second-order valence-electron chi connectivity index (χ2n) is 5.39. The van der Waals surface area contributed by atoms with Gasteiger partial charge in [-0.2, -0.15) is 4.98 Å². The Labute approximate surface area is 112 Å². The number of nitrogens with two attached hydrogens (primary N) is 1. The maximum atomic E-state index is 5.45. The maximum Gasteiger partial charge on any atom is 0.239 e. The van der Waals surface area contributed by atoms with Gasteiger partial charge in [0.2, 0.25) is 5.95 Å². The number of nitrogens with zero attached hydrogens (tertiary/aromatic N) is 3. The van der Waals surface area contributed by atoms with E-state index in [4.69, 9.17) is 5.84 Å². The van der Waals surface area contributed by atoms with E-state index in [0.29, 0.717) is 5.95 Å². The number of hydrogen-bond donors (Lipinski definition) is 2. The van der Waals surface area contributed by atoms with Gasteiger partial charge in [0.25, 0.3) is 0 Å². The van der Waals surface area contributed by atoms with Crippen LogP contribution >= 0.6 is 0 Å². The monoisotopic (exact) mass is 257 g/mol. The Kier molecular flexibility index (Phi) is 2.98. The standard InChI is InChI=1S/C14H19N5/c1-9-7-10(9)8-19(2)13-11-5-3-4-6-12(11)16-14(17-13)18-15/h3-6,9-10H,7-8,15H2,1-2H3,(H,16,17,18). The van der Waals surface area contributed by atoms with Crippen LogP contribution in [0.4, 0.5) is 11.8 Å². The van der Waals surface area contributed by atoms with Gasteiger partial charge in [-0.05, 0) is 30.4 Å². The topological polar surface area (TPSA) is 67.1 Å². The molecule has 5 nitrogen and oxygen atoms in total. The molecule has 0 amide bonds. The highest BCUT2D eigenvalue weighted by atomic mass is 15.3. The molecule has 19 heavy (non-hydrogen) atoms. The highest BCUT2D eigenvalue weighted by Crippen LogP contribution is 2.39. The molecule has 0 spiro atoms. The van der Waals surface area contributed by atoms with Crippen LogP contribution in [0.15, 0.2) is 24.3 Å². The van der Waals surface area contributed by atoms with E-state index in [1.165, 1.54) is 6.42 Å². The van der Waals surface area contributed by atoms with E-state index in [2.05, 4.69) is 40.3 Å². The highest BCUT2D eigenvalue weighted by molar-refractivity contribution is 5.90. The highest BCUT2D eigenvalue weighted by Gasteiger charge is 2.33. The molecule has 3 rings (SSSR count). The molecule has 0 aliphatic heterocycles. The summed E-state index contributed by atoms with van der Waals surface area (Å²) in [5.41, 5.74) is 3.46. The average molecular weight is 257 g/mol. The third-order valence-corrected chi connectivity index (χ3v) is 3.86. The molecule has 2 atom stereocenters. The van der Waals surface area contributed by atoms with Gasteiger partial charge in [0, 0.05) is 19.0 Å². The molecule has 1 aliphatic carbocycles. The zero-order valence-corrected chi connectivity index (χ0v) is 11.3. The number of anilines is 2. The van der Waals surface area contributed by atoms with Crippen molar-refractivity contribution < 1.29 is 0 Å². The number of aromatic nitrogens is 2. The molecule has 5 heteroatoms. The van der Waals surface area contributed by atoms with Crippen molar-refractivity contribution >= 4 is 22.7 Å². The Morgan fingerprint density at radius 1 is 1.37 bits per heavy atom. The largest absolute Gasteiger partial charge is 0.359 e. The van der Waals surface area contributed by atoms with E-state index >= 15 is 0 Å². The lowest BCUT2D eigenvalue weighted by molar-refractivity contribution is 0.721. The van der Waals surface area contributed by atoms with Gasteiger partial charge in [-0.1, -0.05) is 19.1 Å². The third-order valence-electron chi connectivity index (χ3n) is 3.86. The predicted molar refractivity (Wildman–Crippen MR) is 77.9 cm³/mol. The van der Waals surface area contributed by atoms with Crippen LogP contribution < -0.4 is 16.2 Å². The Morgan fingerprint density at radius 3 is 2.79 bits per heavy atom. The average Bonchev–Trinajstić information content (AvgIpc) is 3.12. The summed E-state index contributed by atoms with van der Waals surface area (Å²) >= 11 is 0. The normalized spacial score (nSPS) is 21.4. The minimum Gasteiger partial charge on any atom is -0.359 e. The van der Waals surface area contributed by atoms with Crippen molar-refractivity contribution in [1.29, 1.82) is 0 Å². The lowest BCUT2D eigenvalue weighted by Gasteiger charge is -2.20. The first-order valence-corrected chi connectivity index (χ1v) is 6.63. The summed E-state index contributed by atoms with van der Waals surface area (Å²) in [7, 11) is 2.08. The first-order chi connectivity index (χ1) is 9.19. The third kappa shape index (κ3) is 2.33. The summed E-state index contributed by atoms with van der Waals surface area (Å²) in [4.78, 5) is 11.1. The Bertz CT molecular complexity index is 597. The molecular weight excluding hydrogens is 238 g/mol. The summed E-state index contributed by atoms with van der Waals surface area (Å²) in [6.07, 6.45) is 1.31. The number of hydrogen-bond acceptors (Lipinski definition) is 5. The molecule has 1 heterocycles. The molecule has 1 aromatic heterocycles. The van der Waals surface area contributed by atoms with Crippen molar-refractivity contribution in [2.24, 2.45) is 17.7 Å². The molecule has 2 aromatic rings. The van der Waals surface area contributed by atoms with Crippen molar-refractivity contribution in [1.82, 2.24) is 9.97 Å². The number of rotatable bonds is 4. The molecule has 1 aliphatic rings. The van der Waals surface area contributed by atoms with Gasteiger partial charge in [-0.3, -0.25) is 5.43 Å². The molecule has 1 saturated carbocycles. The van der Waals surface area contributed by atoms with Crippen LogP contribution in [0.25, 0.3) is 10.9 Å². The smallest absolute Gasteiger partial charge is 0.239 e. The lowest BCUT2D eigenvalue weighted by atomic mass is 10.2. The summed E-state index contributed by atoms with van der Waals surface area (Å²) in [5, 5.41) is 1.07. The van der Waals surface area contributed by atoms with Crippen molar-refractivity contribution in [2.45, 2.75) is 13.3 Å². The molecule has 0 radical (unpaired) electrons. The Hall–Kier alpha value is -1.88. The molecule has 1 aromatic carbocycles. The van der Waals surface area contributed by atoms with Gasteiger partial charge in [-0.15, -0.1) is 0 Å². The zero-order valence-electron chi connectivity index (χ0n) is 11.3. The van der Waals surface area contributed by atoms with Crippen LogP contribution in [-0.4, -0.2) is 23.6 Å². The SMILES string of the molecule is CC1CC1CN(C)c1nc(NN)nc2ccccc12. The fourth-order valence-electron chi connectivity index (χ4n) is 2.51. The second-order valence-corrected chi connectivity index (χ2v) is 5.39. The van der Waals surface area contributed by atoms with E-state index in [9.17, 15) is 0 Å². The van der Waals surface area contributed by atoms with Gasteiger partial charge < -0.3 is 4.90 Å². The summed E-state index contributed by atoms with van der Waals surface area (Å²) in [6, 6.07) is 8.02. The van der Waals surface area contributed by atoms with Gasteiger partial charge in [0.05, 0.1) is 5.52 Å². The number of nitrogens with one attached hydrogen (secondary N) is 1. The summed E-state index contributed by atoms with van der Waals surface area (Å²) in [6.45, 7) is 3.33. The first-order valence-electron chi connectivity index (χ1n) is 6.63. The van der Waals surface area contributed by atoms with Gasteiger partial charge in [0.1, 0.15) is 5.82 Å². The van der Waals surface area contributed by atoms with Crippen LogP contribution in [0.2, 0.25) is 0 Å². The number of nitrogen functional groups attached to an aromatic ring is 1. The van der Waals surface area contributed by atoms with Crippen LogP contribution in [0.1, 0.15) is 13.3 Å². The minimum atomic E-state index is 0.462. The molecule has 100 valence electrons. The Balaban J connectivity index is 2.00. The van der Waals surface area contributed by atoms with Crippen molar-refractivity contribution in [2.75, 3.05) is 23.9 Å². The molecular formula is C14H19N5. The van der Waals surface area contributed by atoms with Gasteiger partial charge in [-0.25, -0.2) is 10.8 Å². The van der Waals surface area contributed by atoms with Crippen LogP contribution in [0.3, 0.4) is 0 Å². The minimum absolute atomic E-state index is 0.462. The zero-order chi connectivity index (χ0) is 13.4. The van der Waals surface area contributed by atoms with Crippen molar-refractivity contribution in [3.8, 4) is 0 Å². The Morgan fingerprint density at radius 2 is 2.11 bits per heavy atom. The van der Waals surface area contributed by atoms with E-state index in [-0.39, 0.29) is 0 Å². The molecule has 2 unspecified atom stereocenters. The van der Waals surface area contributed by atoms with E-state index in [1.54, 1.807) is 0 Å². The van der Waals surface area contributed by atoms with Crippen LogP contribution in [0, 0.1) is 11.8 Å². The number of para-hydroxylation sites is 1. The van der Waals surface area contributed by atoms with Crippen LogP contribution in [0.5, 0.6) is 0 Å². The van der Waals surface area contributed by atoms with Gasteiger partial charge in [0.15, 0.2) is 0 Å². The fraction of sp³-hybridized carbons (Fsp3) is 0.429. The fourth-order valence-corrected chi connectivity index (χ4v) is 2.51. The second kappa shape index (κ2) is 4.66. The predicted octanol–water partition coefficient (Wildman–Crippen LogP) is 2.01. The maximum absolute atomic E-state index is 5.45.